The maximum atomic E-state index is 5.07. The zero-order valence-electron chi connectivity index (χ0n) is 7.08. The molecule has 68 valence electrons. The molecule has 0 aliphatic carbocycles. The fraction of sp³-hybridized carbons (Fsp3) is 1.00. The van der Waals surface area contributed by atoms with Gasteiger partial charge in [-0.1, -0.05) is 0 Å². The van der Waals surface area contributed by atoms with E-state index in [1.165, 1.54) is 0 Å². The number of rotatable bonds is 7. The lowest BCUT2D eigenvalue weighted by Gasteiger charge is -2.09. The normalized spacial score (nSPS) is 10.9. The predicted octanol–water partition coefficient (Wildman–Crippen LogP) is -0.613. The molecule has 0 radical (unpaired) electrons. The Hall–Kier alpha value is -0.200. The Kier molecular flexibility index (Phi) is 7.76. The summed E-state index contributed by atoms with van der Waals surface area (Å²) in [7, 11) is 3.64. The molecule has 0 saturated carbocycles. The van der Waals surface area contributed by atoms with Crippen molar-refractivity contribution in [2.45, 2.75) is 0 Å². The minimum atomic E-state index is 0.419. The van der Waals surface area contributed by atoms with Crippen molar-refractivity contribution in [1.82, 2.24) is 5.06 Å². The van der Waals surface area contributed by atoms with Gasteiger partial charge in [0.25, 0.3) is 0 Å². The lowest BCUT2D eigenvalue weighted by atomic mass is 10.7. The van der Waals surface area contributed by atoms with Gasteiger partial charge in [-0.15, -0.1) is 0 Å². The molecule has 0 aliphatic heterocycles. The van der Waals surface area contributed by atoms with Crippen LogP contribution in [0, 0.1) is 0 Å². The molecule has 0 aromatic carbocycles. The van der Waals surface area contributed by atoms with Crippen molar-refractivity contribution in [2.75, 3.05) is 40.5 Å². The first-order chi connectivity index (χ1) is 5.27. The molecule has 0 saturated heterocycles. The van der Waals surface area contributed by atoms with Gasteiger partial charge in [-0.2, -0.15) is 5.06 Å². The summed E-state index contributed by atoms with van der Waals surface area (Å²) in [6.45, 7) is 2.04. The summed E-state index contributed by atoms with van der Waals surface area (Å²) in [5.74, 6) is 4.77. The maximum Gasteiger partial charge on any atom is 0.0918 e. The van der Waals surface area contributed by atoms with Gasteiger partial charge in [0.15, 0.2) is 0 Å². The van der Waals surface area contributed by atoms with E-state index < -0.39 is 0 Å². The smallest absolute Gasteiger partial charge is 0.0918 e. The van der Waals surface area contributed by atoms with Crippen molar-refractivity contribution in [1.29, 1.82) is 0 Å². The van der Waals surface area contributed by atoms with Gasteiger partial charge in [0.05, 0.1) is 26.4 Å². The maximum absolute atomic E-state index is 5.07. The topological polar surface area (TPSA) is 57.0 Å². The summed E-state index contributed by atoms with van der Waals surface area (Å²) in [5.41, 5.74) is 0. The number of hydroxylamine groups is 2. The third-order valence-corrected chi connectivity index (χ3v) is 0.923. The third kappa shape index (κ3) is 9.80. The highest BCUT2D eigenvalue weighted by Crippen LogP contribution is 1.80. The Morgan fingerprint density at radius 3 is 2.27 bits per heavy atom. The van der Waals surface area contributed by atoms with Crippen LogP contribution in [0.15, 0.2) is 0 Å². The number of nitrogens with two attached hydrogens (primary N) is 1. The summed E-state index contributed by atoms with van der Waals surface area (Å²) in [6, 6.07) is 0. The van der Waals surface area contributed by atoms with Crippen LogP contribution in [0.25, 0.3) is 0 Å². The molecular weight excluding hydrogens is 148 g/mol. The molecule has 2 N–H and O–H groups in total. The molecule has 5 heteroatoms. The summed E-state index contributed by atoms with van der Waals surface area (Å²) >= 11 is 0. The number of hydrogen-bond acceptors (Lipinski definition) is 5. The molecule has 0 aromatic heterocycles. The fourth-order valence-corrected chi connectivity index (χ4v) is 0.488. The Balaban J connectivity index is 2.80. The van der Waals surface area contributed by atoms with Crippen LogP contribution < -0.4 is 5.90 Å². The van der Waals surface area contributed by atoms with Gasteiger partial charge in [0, 0.05) is 14.1 Å². The molecule has 0 aliphatic rings. The first kappa shape index (κ1) is 10.8. The first-order valence-corrected chi connectivity index (χ1v) is 3.47. The molecule has 11 heavy (non-hydrogen) atoms. The van der Waals surface area contributed by atoms with E-state index in [1.54, 1.807) is 5.06 Å². The van der Waals surface area contributed by atoms with Gasteiger partial charge in [0.1, 0.15) is 0 Å². The molecule has 0 amide bonds. The van der Waals surface area contributed by atoms with Crippen LogP contribution in [0.1, 0.15) is 0 Å². The van der Waals surface area contributed by atoms with Crippen molar-refractivity contribution in [3.63, 3.8) is 0 Å². The van der Waals surface area contributed by atoms with Crippen molar-refractivity contribution in [2.24, 2.45) is 5.90 Å². The quantitative estimate of drug-likeness (QED) is 0.401. The summed E-state index contributed by atoms with van der Waals surface area (Å²) in [4.78, 5) is 9.35. The molecule has 0 atom stereocenters. The summed E-state index contributed by atoms with van der Waals surface area (Å²) in [5, 5.41) is 1.63. The lowest BCUT2D eigenvalue weighted by Crippen LogP contribution is -2.17. The Morgan fingerprint density at radius 2 is 1.73 bits per heavy atom. The molecule has 0 unspecified atom stereocenters. The number of hydrogen-bond donors (Lipinski definition) is 1. The van der Waals surface area contributed by atoms with E-state index in [0.29, 0.717) is 26.4 Å². The number of ether oxygens (including phenoxy) is 1. The van der Waals surface area contributed by atoms with Crippen LogP contribution in [0.2, 0.25) is 0 Å². The van der Waals surface area contributed by atoms with E-state index in [-0.39, 0.29) is 0 Å². The van der Waals surface area contributed by atoms with Crippen molar-refractivity contribution in [3.05, 3.63) is 0 Å². The first-order valence-electron chi connectivity index (χ1n) is 3.47. The molecule has 0 rings (SSSR count). The average molecular weight is 164 g/mol. The predicted molar refractivity (Wildman–Crippen MR) is 40.6 cm³/mol. The molecule has 0 heterocycles. The lowest BCUT2D eigenvalue weighted by molar-refractivity contribution is -0.135. The van der Waals surface area contributed by atoms with E-state index in [0.717, 1.165) is 0 Å². The fourth-order valence-electron chi connectivity index (χ4n) is 0.488. The Bertz CT molecular complexity index is 80.2. The minimum Gasteiger partial charge on any atom is -0.377 e. The van der Waals surface area contributed by atoms with Gasteiger partial charge in [0.2, 0.25) is 0 Å². The van der Waals surface area contributed by atoms with Gasteiger partial charge in [-0.3, -0.25) is 4.84 Å². The zero-order valence-corrected chi connectivity index (χ0v) is 7.08. The van der Waals surface area contributed by atoms with Crippen LogP contribution in [0.3, 0.4) is 0 Å². The van der Waals surface area contributed by atoms with Gasteiger partial charge >= 0.3 is 0 Å². The second kappa shape index (κ2) is 7.90. The van der Waals surface area contributed by atoms with Crippen molar-refractivity contribution in [3.8, 4) is 0 Å². The van der Waals surface area contributed by atoms with E-state index >= 15 is 0 Å². The van der Waals surface area contributed by atoms with Crippen LogP contribution in [0.4, 0.5) is 0 Å². The van der Waals surface area contributed by atoms with Crippen molar-refractivity contribution < 1.29 is 14.4 Å². The highest BCUT2D eigenvalue weighted by atomic mass is 16.7. The van der Waals surface area contributed by atoms with Crippen LogP contribution in [0.5, 0.6) is 0 Å². The van der Waals surface area contributed by atoms with E-state index in [9.17, 15) is 0 Å². The van der Waals surface area contributed by atoms with Gasteiger partial charge < -0.3 is 9.57 Å². The van der Waals surface area contributed by atoms with Gasteiger partial charge in [-0.05, 0) is 0 Å². The van der Waals surface area contributed by atoms with E-state index in [4.69, 9.17) is 15.5 Å². The average Bonchev–Trinajstić information content (AvgIpc) is 1.96. The number of nitrogens with zero attached hydrogens (tertiary/aromatic N) is 1. The van der Waals surface area contributed by atoms with E-state index in [2.05, 4.69) is 4.84 Å². The SMILES string of the molecule is CN(C)OCCOCCON. The van der Waals surface area contributed by atoms with Gasteiger partial charge in [-0.25, -0.2) is 5.90 Å². The standard InChI is InChI=1S/C6H16N2O3/c1-8(2)11-6-4-9-3-5-10-7/h3-7H2,1-2H3. The molecule has 5 nitrogen and oxygen atoms in total. The van der Waals surface area contributed by atoms with Crippen LogP contribution in [-0.4, -0.2) is 45.6 Å². The second-order valence-electron chi connectivity index (χ2n) is 2.13. The molecule has 0 spiro atoms. The molecule has 0 bridgehead atoms. The Labute approximate surface area is 66.9 Å². The molecule has 0 aromatic rings. The largest absolute Gasteiger partial charge is 0.377 e. The minimum absolute atomic E-state index is 0.419. The zero-order chi connectivity index (χ0) is 8.53. The molecular formula is C6H16N2O3. The summed E-state index contributed by atoms with van der Waals surface area (Å²) < 4.78 is 5.07. The summed E-state index contributed by atoms with van der Waals surface area (Å²) in [6.07, 6.45) is 0. The van der Waals surface area contributed by atoms with E-state index in [1.807, 2.05) is 14.1 Å². The highest BCUT2D eigenvalue weighted by molar-refractivity contribution is 4.28. The monoisotopic (exact) mass is 164 g/mol. The third-order valence-electron chi connectivity index (χ3n) is 0.923. The van der Waals surface area contributed by atoms with Crippen LogP contribution >= 0.6 is 0 Å². The van der Waals surface area contributed by atoms with Crippen molar-refractivity contribution >= 4 is 0 Å². The Morgan fingerprint density at radius 1 is 1.09 bits per heavy atom. The second-order valence-corrected chi connectivity index (χ2v) is 2.13. The highest BCUT2D eigenvalue weighted by Gasteiger charge is 1.90. The molecule has 0 fully saturated rings. The van der Waals surface area contributed by atoms with Crippen LogP contribution in [-0.2, 0) is 14.4 Å².